The zero-order valence-corrected chi connectivity index (χ0v) is 13.4. The molecular formula is C17H17FN2O2S. The van der Waals surface area contributed by atoms with Crippen LogP contribution < -0.4 is 0 Å². The minimum atomic E-state index is -0.317. The van der Waals surface area contributed by atoms with Crippen LogP contribution in [-0.4, -0.2) is 41.1 Å². The molecule has 2 heterocycles. The molecule has 4 rings (SSSR count). The van der Waals surface area contributed by atoms with E-state index in [0.29, 0.717) is 29.4 Å². The number of benzene rings is 1. The quantitative estimate of drug-likeness (QED) is 0.847. The number of carbonyl (C=O) groups excluding carboxylic acids is 1. The first-order valence-electron chi connectivity index (χ1n) is 7.87. The van der Waals surface area contributed by atoms with E-state index in [1.807, 2.05) is 4.90 Å². The molecule has 2 aromatic rings. The van der Waals surface area contributed by atoms with Crippen LogP contribution in [0.3, 0.4) is 0 Å². The number of morpholine rings is 1. The summed E-state index contributed by atoms with van der Waals surface area (Å²) in [6.07, 6.45) is 3.26. The van der Waals surface area contributed by atoms with Gasteiger partial charge in [0.15, 0.2) is 0 Å². The van der Waals surface area contributed by atoms with Gasteiger partial charge in [0.25, 0.3) is 5.91 Å². The average Bonchev–Trinajstić information content (AvgIpc) is 3.23. The first-order chi connectivity index (χ1) is 11.2. The lowest BCUT2D eigenvalue weighted by atomic mass is 10.1. The van der Waals surface area contributed by atoms with Crippen molar-refractivity contribution in [3.63, 3.8) is 0 Å². The number of ether oxygens (including phenoxy) is 1. The highest BCUT2D eigenvalue weighted by atomic mass is 32.1. The number of amides is 1. The highest BCUT2D eigenvalue weighted by molar-refractivity contribution is 7.13. The molecule has 0 spiro atoms. The van der Waals surface area contributed by atoms with Gasteiger partial charge in [0, 0.05) is 17.5 Å². The lowest BCUT2D eigenvalue weighted by molar-refractivity contribution is -0.0447. The Bertz CT molecular complexity index is 733. The summed E-state index contributed by atoms with van der Waals surface area (Å²) < 4.78 is 19.6. The van der Waals surface area contributed by atoms with Gasteiger partial charge >= 0.3 is 0 Å². The van der Waals surface area contributed by atoms with Crippen molar-refractivity contribution >= 4 is 17.2 Å². The Morgan fingerprint density at radius 3 is 3.09 bits per heavy atom. The molecule has 0 unspecified atom stereocenters. The minimum Gasteiger partial charge on any atom is -0.374 e. The summed E-state index contributed by atoms with van der Waals surface area (Å²) in [5, 5.41) is 2.27. The molecule has 23 heavy (non-hydrogen) atoms. The van der Waals surface area contributed by atoms with Gasteiger partial charge in [0.2, 0.25) is 0 Å². The number of fused-ring (bicyclic) bond motifs is 1. The number of nitrogens with zero attached hydrogens (tertiary/aromatic N) is 2. The van der Waals surface area contributed by atoms with Crippen LogP contribution in [0.4, 0.5) is 4.39 Å². The fraction of sp³-hybridized carbons (Fsp3) is 0.412. The van der Waals surface area contributed by atoms with Crippen molar-refractivity contribution in [2.24, 2.45) is 0 Å². The Kier molecular flexibility index (Phi) is 3.87. The minimum absolute atomic E-state index is 0.0657. The SMILES string of the molecule is O=C(c1csc(-c2ccccc2F)n1)N1CCO[C@@H]2CCC[C@@H]21. The van der Waals surface area contributed by atoms with Crippen LogP contribution in [0.15, 0.2) is 29.6 Å². The molecule has 4 nitrogen and oxygen atoms in total. The third-order valence-corrected chi connectivity index (χ3v) is 5.45. The third-order valence-electron chi connectivity index (χ3n) is 4.57. The smallest absolute Gasteiger partial charge is 0.273 e. The number of thiazole rings is 1. The first kappa shape index (κ1) is 14.8. The van der Waals surface area contributed by atoms with E-state index in [1.165, 1.54) is 17.4 Å². The van der Waals surface area contributed by atoms with Crippen molar-refractivity contribution < 1.29 is 13.9 Å². The predicted molar refractivity (Wildman–Crippen MR) is 85.9 cm³/mol. The second kappa shape index (κ2) is 6.02. The number of hydrogen-bond donors (Lipinski definition) is 0. The summed E-state index contributed by atoms with van der Waals surface area (Å²) >= 11 is 1.30. The summed E-state index contributed by atoms with van der Waals surface area (Å²) in [6.45, 7) is 1.18. The van der Waals surface area contributed by atoms with Crippen LogP contribution in [0.1, 0.15) is 29.8 Å². The molecule has 6 heteroatoms. The van der Waals surface area contributed by atoms with Crippen LogP contribution in [-0.2, 0) is 4.74 Å². The lowest BCUT2D eigenvalue weighted by Gasteiger charge is -2.37. The third kappa shape index (κ3) is 2.66. The van der Waals surface area contributed by atoms with Gasteiger partial charge < -0.3 is 9.64 Å². The summed E-state index contributed by atoms with van der Waals surface area (Å²) in [7, 11) is 0. The summed E-state index contributed by atoms with van der Waals surface area (Å²) in [6, 6.07) is 6.67. The van der Waals surface area contributed by atoms with E-state index in [9.17, 15) is 9.18 Å². The van der Waals surface area contributed by atoms with E-state index < -0.39 is 0 Å². The van der Waals surface area contributed by atoms with Gasteiger partial charge in [-0.25, -0.2) is 9.37 Å². The van der Waals surface area contributed by atoms with Gasteiger partial charge in [-0.1, -0.05) is 12.1 Å². The first-order valence-corrected chi connectivity index (χ1v) is 8.75. The molecule has 120 valence electrons. The number of aromatic nitrogens is 1. The van der Waals surface area contributed by atoms with E-state index in [1.54, 1.807) is 23.6 Å². The molecule has 1 saturated heterocycles. The maximum Gasteiger partial charge on any atom is 0.273 e. The van der Waals surface area contributed by atoms with Crippen LogP contribution in [0.5, 0.6) is 0 Å². The Labute approximate surface area is 137 Å². The number of rotatable bonds is 2. The second-order valence-corrected chi connectivity index (χ2v) is 6.78. The number of carbonyl (C=O) groups is 1. The molecule has 0 radical (unpaired) electrons. The normalized spacial score (nSPS) is 23.8. The topological polar surface area (TPSA) is 42.4 Å². The molecular weight excluding hydrogens is 315 g/mol. The molecule has 1 aliphatic carbocycles. The zero-order chi connectivity index (χ0) is 15.8. The summed E-state index contributed by atoms with van der Waals surface area (Å²) in [5.41, 5.74) is 0.845. The van der Waals surface area contributed by atoms with Crippen molar-refractivity contribution in [1.82, 2.24) is 9.88 Å². The largest absolute Gasteiger partial charge is 0.374 e. The van der Waals surface area contributed by atoms with Crippen molar-refractivity contribution in [3.05, 3.63) is 41.2 Å². The molecule has 1 amide bonds. The van der Waals surface area contributed by atoms with E-state index in [4.69, 9.17) is 4.74 Å². The van der Waals surface area contributed by atoms with Gasteiger partial charge in [0.05, 0.1) is 18.8 Å². The Hall–Kier alpha value is -1.79. The van der Waals surface area contributed by atoms with E-state index in [2.05, 4.69) is 4.98 Å². The molecule has 1 aromatic carbocycles. The fourth-order valence-corrected chi connectivity index (χ4v) is 4.28. The zero-order valence-electron chi connectivity index (χ0n) is 12.6. The number of hydrogen-bond acceptors (Lipinski definition) is 4. The van der Waals surface area contributed by atoms with Gasteiger partial charge in [0.1, 0.15) is 16.5 Å². The average molecular weight is 332 g/mol. The molecule has 2 aliphatic rings. The summed E-state index contributed by atoms with van der Waals surface area (Å²) in [5.74, 6) is -0.382. The van der Waals surface area contributed by atoms with Crippen LogP contribution >= 0.6 is 11.3 Å². The molecule has 1 saturated carbocycles. The monoisotopic (exact) mass is 332 g/mol. The van der Waals surface area contributed by atoms with E-state index in [-0.39, 0.29) is 23.9 Å². The lowest BCUT2D eigenvalue weighted by Crippen LogP contribution is -2.51. The van der Waals surface area contributed by atoms with E-state index in [0.717, 1.165) is 19.3 Å². The molecule has 2 atom stereocenters. The Morgan fingerprint density at radius 2 is 2.22 bits per heavy atom. The van der Waals surface area contributed by atoms with Crippen molar-refractivity contribution in [2.45, 2.75) is 31.4 Å². The van der Waals surface area contributed by atoms with Gasteiger partial charge in [-0.2, -0.15) is 0 Å². The van der Waals surface area contributed by atoms with Crippen molar-refractivity contribution in [1.29, 1.82) is 0 Å². The van der Waals surface area contributed by atoms with Crippen LogP contribution in [0.2, 0.25) is 0 Å². The maximum absolute atomic E-state index is 13.9. The molecule has 1 aromatic heterocycles. The molecule has 0 N–H and O–H groups in total. The number of halogens is 1. The Morgan fingerprint density at radius 1 is 1.35 bits per heavy atom. The second-order valence-electron chi connectivity index (χ2n) is 5.92. The molecule has 0 bridgehead atoms. The van der Waals surface area contributed by atoms with Crippen LogP contribution in [0, 0.1) is 5.82 Å². The predicted octanol–water partition coefficient (Wildman–Crippen LogP) is 3.34. The molecule has 1 aliphatic heterocycles. The summed E-state index contributed by atoms with van der Waals surface area (Å²) in [4.78, 5) is 19.1. The maximum atomic E-state index is 13.9. The van der Waals surface area contributed by atoms with E-state index >= 15 is 0 Å². The standard InChI is InChI=1S/C17H17FN2O2S/c18-12-5-2-1-4-11(12)16-19-13(10-23-16)17(21)20-8-9-22-15-7-3-6-14(15)20/h1-2,4-5,10,14-15H,3,6-9H2/t14-,15+/m0/s1. The van der Waals surface area contributed by atoms with Crippen LogP contribution in [0.25, 0.3) is 10.6 Å². The Balaban J connectivity index is 1.59. The van der Waals surface area contributed by atoms with Crippen molar-refractivity contribution in [3.8, 4) is 10.6 Å². The van der Waals surface area contributed by atoms with Gasteiger partial charge in [-0.15, -0.1) is 11.3 Å². The fourth-order valence-electron chi connectivity index (χ4n) is 3.46. The van der Waals surface area contributed by atoms with Gasteiger partial charge in [-0.3, -0.25) is 4.79 Å². The highest BCUT2D eigenvalue weighted by Gasteiger charge is 2.39. The van der Waals surface area contributed by atoms with Crippen molar-refractivity contribution in [2.75, 3.05) is 13.2 Å². The van der Waals surface area contributed by atoms with Gasteiger partial charge in [-0.05, 0) is 31.4 Å². The highest BCUT2D eigenvalue weighted by Crippen LogP contribution is 2.32. The molecule has 2 fully saturated rings.